The molecular weight excluding hydrogens is 611 g/mol. The van der Waals surface area contributed by atoms with Crippen molar-refractivity contribution >= 4 is 78.9 Å². The molecule has 1 fully saturated rings. The van der Waals surface area contributed by atoms with Gasteiger partial charge in [-0.1, -0.05) is 35.3 Å². The molecule has 4 rings (SSSR count). The minimum absolute atomic E-state index is 0.0125. The van der Waals surface area contributed by atoms with Crippen molar-refractivity contribution < 1.29 is 31.7 Å². The van der Waals surface area contributed by atoms with Gasteiger partial charge in [-0.3, -0.25) is 14.9 Å². The van der Waals surface area contributed by atoms with Crippen LogP contribution in [0.25, 0.3) is 6.08 Å². The van der Waals surface area contributed by atoms with Gasteiger partial charge in [0.1, 0.15) is 10.5 Å². The van der Waals surface area contributed by atoms with E-state index in [1.807, 2.05) is 0 Å². The summed E-state index contributed by atoms with van der Waals surface area (Å²) in [6.07, 6.45) is 1.22. The molecule has 0 aliphatic carbocycles. The fraction of sp³-hybridized carbons (Fsp3) is 0.0417. The van der Waals surface area contributed by atoms with Gasteiger partial charge in [0.15, 0.2) is 11.5 Å². The van der Waals surface area contributed by atoms with Crippen LogP contribution in [0.3, 0.4) is 0 Å². The summed E-state index contributed by atoms with van der Waals surface area (Å²) in [5.74, 6) is -1.99. The topological polar surface area (TPSA) is 119 Å². The maximum Gasteiger partial charge on any atom is 0.339 e. The van der Waals surface area contributed by atoms with Crippen molar-refractivity contribution in [3.8, 4) is 11.5 Å². The summed E-state index contributed by atoms with van der Waals surface area (Å²) in [7, 11) is -2.96. The van der Waals surface area contributed by atoms with Crippen molar-refractivity contribution in [1.82, 2.24) is 5.32 Å². The lowest BCUT2D eigenvalue weighted by molar-refractivity contribution is -0.122. The van der Waals surface area contributed by atoms with E-state index in [2.05, 4.69) is 21.2 Å². The molecule has 190 valence electrons. The summed E-state index contributed by atoms with van der Waals surface area (Å²) >= 11 is 15.2. The van der Waals surface area contributed by atoms with E-state index in [4.69, 9.17) is 32.1 Å². The Bertz CT molecular complexity index is 1570. The van der Waals surface area contributed by atoms with E-state index in [0.29, 0.717) is 5.02 Å². The number of hydrogen-bond acceptors (Lipinski definition) is 7. The lowest BCUT2D eigenvalue weighted by atomic mass is 10.1. The molecule has 0 aromatic heterocycles. The number of ether oxygens (including phenoxy) is 1. The number of nitrogens with zero attached hydrogens (tertiary/aromatic N) is 1. The lowest BCUT2D eigenvalue weighted by Crippen LogP contribution is -2.54. The predicted octanol–water partition coefficient (Wildman–Crippen LogP) is 5.20. The van der Waals surface area contributed by atoms with Gasteiger partial charge in [0, 0.05) is 5.02 Å². The molecule has 1 N–H and O–H groups in total. The van der Waals surface area contributed by atoms with Crippen LogP contribution < -0.4 is 19.1 Å². The molecule has 0 bridgehead atoms. The molecular formula is C24H15BrCl2N2O7S. The highest BCUT2D eigenvalue weighted by molar-refractivity contribution is 9.10. The highest BCUT2D eigenvalue weighted by Gasteiger charge is 2.37. The molecule has 1 aliphatic rings. The number of carbonyl (C=O) groups is 3. The first-order valence-corrected chi connectivity index (χ1v) is 13.2. The number of nitrogens with one attached hydrogen (secondary N) is 1. The molecule has 1 aliphatic heterocycles. The normalized spacial score (nSPS) is 15.1. The van der Waals surface area contributed by atoms with Crippen LogP contribution in [0.1, 0.15) is 5.56 Å². The number of benzene rings is 3. The third-order valence-electron chi connectivity index (χ3n) is 5.05. The molecule has 0 atom stereocenters. The summed E-state index contributed by atoms with van der Waals surface area (Å²) in [6, 6.07) is 13.4. The van der Waals surface area contributed by atoms with Crippen molar-refractivity contribution in [2.75, 3.05) is 12.0 Å². The Kier molecular flexibility index (Phi) is 7.60. The number of anilines is 1. The van der Waals surface area contributed by atoms with Crippen LogP contribution in [-0.2, 0) is 19.7 Å². The number of rotatable bonds is 6. The average Bonchev–Trinajstić information content (AvgIpc) is 2.84. The molecule has 0 saturated carbocycles. The molecule has 3 aromatic carbocycles. The third-order valence-corrected chi connectivity index (χ3v) is 7.45. The summed E-state index contributed by atoms with van der Waals surface area (Å²) in [6.45, 7) is 0. The summed E-state index contributed by atoms with van der Waals surface area (Å²) < 4.78 is 36.2. The second-order valence-corrected chi connectivity index (χ2v) is 10.7. The number of carbonyl (C=O) groups excluding carboxylic acids is 3. The number of halogens is 3. The maximum absolute atomic E-state index is 13.1. The highest BCUT2D eigenvalue weighted by Crippen LogP contribution is 2.39. The molecule has 3 aromatic rings. The monoisotopic (exact) mass is 624 g/mol. The van der Waals surface area contributed by atoms with Crippen molar-refractivity contribution in [3.05, 3.63) is 86.3 Å². The highest BCUT2D eigenvalue weighted by atomic mass is 79.9. The smallest absolute Gasteiger partial charge is 0.339 e. The van der Waals surface area contributed by atoms with Gasteiger partial charge in [0.2, 0.25) is 0 Å². The Morgan fingerprint density at radius 2 is 1.68 bits per heavy atom. The Labute approximate surface area is 229 Å². The van der Waals surface area contributed by atoms with Crippen LogP contribution >= 0.6 is 39.1 Å². The van der Waals surface area contributed by atoms with Gasteiger partial charge < -0.3 is 8.92 Å². The minimum atomic E-state index is -4.25. The van der Waals surface area contributed by atoms with E-state index in [0.717, 1.165) is 4.90 Å². The SMILES string of the molecule is COc1cc(/C=C2\C(=O)NC(=O)N(c3ccccc3Cl)C2=O)cc(Br)c1OS(=O)(=O)c1ccc(Cl)cc1. The van der Waals surface area contributed by atoms with Gasteiger partial charge in [-0.2, -0.15) is 8.42 Å². The molecule has 1 heterocycles. The average molecular weight is 626 g/mol. The molecule has 0 radical (unpaired) electrons. The number of para-hydroxylation sites is 1. The third kappa shape index (κ3) is 5.49. The van der Waals surface area contributed by atoms with Crippen LogP contribution in [0.4, 0.5) is 10.5 Å². The second-order valence-electron chi connectivity index (χ2n) is 7.43. The first-order chi connectivity index (χ1) is 17.5. The standard InChI is InChI=1S/C24H15BrCl2N2O7S/c1-35-20-12-13(11-17(25)21(20)36-37(33,34)15-8-6-14(26)7-9-15)10-16-22(30)28-24(32)29(23(16)31)19-5-3-2-4-18(19)27/h2-12H,1H3,(H,28,30,32)/b16-10+. The quantitative estimate of drug-likeness (QED) is 0.227. The Hall–Kier alpha value is -3.38. The number of imide groups is 2. The van der Waals surface area contributed by atoms with Gasteiger partial charge >= 0.3 is 16.1 Å². The zero-order chi connectivity index (χ0) is 26.9. The minimum Gasteiger partial charge on any atom is -0.493 e. The Morgan fingerprint density at radius 1 is 1.00 bits per heavy atom. The first-order valence-electron chi connectivity index (χ1n) is 10.3. The molecule has 13 heteroatoms. The van der Waals surface area contributed by atoms with Gasteiger partial charge in [-0.15, -0.1) is 0 Å². The fourth-order valence-electron chi connectivity index (χ4n) is 3.34. The number of hydrogen-bond donors (Lipinski definition) is 1. The van der Waals surface area contributed by atoms with Crippen LogP contribution in [0.2, 0.25) is 10.0 Å². The number of methoxy groups -OCH3 is 1. The molecule has 1 saturated heterocycles. The van der Waals surface area contributed by atoms with E-state index in [9.17, 15) is 22.8 Å². The number of urea groups is 1. The van der Waals surface area contributed by atoms with Crippen LogP contribution in [0, 0.1) is 0 Å². The van der Waals surface area contributed by atoms with Gasteiger partial charge in [0.25, 0.3) is 11.8 Å². The number of barbiturate groups is 1. The second kappa shape index (κ2) is 10.5. The van der Waals surface area contributed by atoms with Crippen LogP contribution in [0.15, 0.2) is 75.6 Å². The fourth-order valence-corrected chi connectivity index (χ4v) is 5.29. The van der Waals surface area contributed by atoms with Crippen molar-refractivity contribution in [1.29, 1.82) is 0 Å². The predicted molar refractivity (Wildman–Crippen MR) is 140 cm³/mol. The molecule has 4 amide bonds. The van der Waals surface area contributed by atoms with Crippen LogP contribution in [0.5, 0.6) is 11.5 Å². The summed E-state index contributed by atoms with van der Waals surface area (Å²) in [5.41, 5.74) is 0.00262. The summed E-state index contributed by atoms with van der Waals surface area (Å²) in [5, 5.41) is 2.59. The van der Waals surface area contributed by atoms with E-state index < -0.39 is 28.0 Å². The molecule has 9 nitrogen and oxygen atoms in total. The first kappa shape index (κ1) is 26.7. The van der Waals surface area contributed by atoms with E-state index in [1.54, 1.807) is 12.1 Å². The van der Waals surface area contributed by atoms with Gasteiger partial charge in [-0.05, 0) is 76.1 Å². The number of amides is 4. The Morgan fingerprint density at radius 3 is 2.32 bits per heavy atom. The molecule has 0 unspecified atom stereocenters. The largest absolute Gasteiger partial charge is 0.493 e. The van der Waals surface area contributed by atoms with Crippen molar-refractivity contribution in [2.45, 2.75) is 4.90 Å². The van der Waals surface area contributed by atoms with Crippen molar-refractivity contribution in [2.24, 2.45) is 0 Å². The lowest BCUT2D eigenvalue weighted by Gasteiger charge is -2.27. The van der Waals surface area contributed by atoms with E-state index >= 15 is 0 Å². The van der Waals surface area contributed by atoms with Gasteiger partial charge in [-0.25, -0.2) is 9.69 Å². The van der Waals surface area contributed by atoms with Gasteiger partial charge in [0.05, 0.1) is 22.3 Å². The van der Waals surface area contributed by atoms with E-state index in [-0.39, 0.29) is 42.7 Å². The molecule has 37 heavy (non-hydrogen) atoms. The molecule has 0 spiro atoms. The maximum atomic E-state index is 13.1. The summed E-state index contributed by atoms with van der Waals surface area (Å²) in [4.78, 5) is 38.7. The zero-order valence-corrected chi connectivity index (χ0v) is 22.6. The van der Waals surface area contributed by atoms with Crippen LogP contribution in [-0.4, -0.2) is 33.4 Å². The van der Waals surface area contributed by atoms with Crippen molar-refractivity contribution in [3.63, 3.8) is 0 Å². The Balaban J connectivity index is 1.71. The van der Waals surface area contributed by atoms with E-state index in [1.165, 1.54) is 61.7 Å². The zero-order valence-electron chi connectivity index (χ0n) is 18.7.